The summed E-state index contributed by atoms with van der Waals surface area (Å²) in [5.41, 5.74) is 0.786. The molecule has 4 nitrogen and oxygen atoms in total. The maximum atomic E-state index is 12.8. The quantitative estimate of drug-likeness (QED) is 0.666. The highest BCUT2D eigenvalue weighted by atomic mass is 32.2. The summed E-state index contributed by atoms with van der Waals surface area (Å²) in [6, 6.07) is 12.1. The molecule has 1 aromatic heterocycles. The van der Waals surface area contributed by atoms with Crippen molar-refractivity contribution in [3.05, 3.63) is 65.4 Å². The first kappa shape index (κ1) is 16.7. The Morgan fingerprint density at radius 2 is 1.96 bits per heavy atom. The Hall–Kier alpha value is -2.74. The van der Waals surface area contributed by atoms with E-state index >= 15 is 0 Å². The van der Waals surface area contributed by atoms with Gasteiger partial charge in [0.25, 0.3) is 5.91 Å². The molecule has 2 heterocycles. The average molecular weight is 376 g/mol. The number of nitrogens with one attached hydrogen (secondary N) is 1. The van der Waals surface area contributed by atoms with Crippen molar-refractivity contribution < 1.29 is 22.5 Å². The normalized spacial score (nSPS) is 13.0. The Labute approximate surface area is 150 Å². The van der Waals surface area contributed by atoms with E-state index in [4.69, 9.17) is 4.52 Å². The number of halogens is 3. The molecule has 4 rings (SSSR count). The van der Waals surface area contributed by atoms with Crippen LogP contribution in [0.3, 0.4) is 0 Å². The molecule has 1 aliphatic heterocycles. The third-order valence-electron chi connectivity index (χ3n) is 3.95. The standard InChI is InChI=1S/C18H11F3N2O2S/c19-18(20,21)10-4-3-5-11(8-10)22-17(24)15-13-9-26-14-7-2-1-6-12(14)16(13)25-23-15/h1-8H,9H2,(H,22,24). The predicted octanol–water partition coefficient (Wildman–Crippen LogP) is 5.22. The molecule has 0 saturated carbocycles. The zero-order valence-electron chi connectivity index (χ0n) is 13.1. The topological polar surface area (TPSA) is 55.1 Å². The highest BCUT2D eigenvalue weighted by Gasteiger charge is 2.31. The number of alkyl halides is 3. The molecule has 0 aliphatic carbocycles. The molecule has 0 atom stereocenters. The fourth-order valence-electron chi connectivity index (χ4n) is 2.73. The molecular weight excluding hydrogens is 365 g/mol. The summed E-state index contributed by atoms with van der Waals surface area (Å²) < 4.78 is 43.8. The van der Waals surface area contributed by atoms with Gasteiger partial charge in [0.1, 0.15) is 0 Å². The van der Waals surface area contributed by atoms with Crippen LogP contribution in [0, 0.1) is 0 Å². The van der Waals surface area contributed by atoms with Gasteiger partial charge in [0.05, 0.1) is 5.56 Å². The molecule has 8 heteroatoms. The van der Waals surface area contributed by atoms with Crippen LogP contribution >= 0.6 is 11.8 Å². The van der Waals surface area contributed by atoms with Crippen LogP contribution in [0.2, 0.25) is 0 Å². The van der Waals surface area contributed by atoms with Gasteiger partial charge in [-0.2, -0.15) is 13.2 Å². The molecule has 2 aromatic carbocycles. The van der Waals surface area contributed by atoms with E-state index in [1.165, 1.54) is 12.1 Å². The molecule has 26 heavy (non-hydrogen) atoms. The average Bonchev–Trinajstić information content (AvgIpc) is 3.06. The van der Waals surface area contributed by atoms with E-state index in [2.05, 4.69) is 10.5 Å². The summed E-state index contributed by atoms with van der Waals surface area (Å²) >= 11 is 1.55. The van der Waals surface area contributed by atoms with Gasteiger partial charge in [0, 0.05) is 27.5 Å². The van der Waals surface area contributed by atoms with Crippen molar-refractivity contribution in [2.45, 2.75) is 16.8 Å². The Morgan fingerprint density at radius 3 is 2.77 bits per heavy atom. The third kappa shape index (κ3) is 2.96. The third-order valence-corrected chi connectivity index (χ3v) is 5.05. The summed E-state index contributed by atoms with van der Waals surface area (Å²) in [7, 11) is 0. The van der Waals surface area contributed by atoms with Crippen LogP contribution in [-0.4, -0.2) is 11.1 Å². The second-order valence-corrected chi connectivity index (χ2v) is 6.67. The van der Waals surface area contributed by atoms with Crippen molar-refractivity contribution in [3.8, 4) is 11.3 Å². The Bertz CT molecular complexity index is 998. The Morgan fingerprint density at radius 1 is 1.15 bits per heavy atom. The van der Waals surface area contributed by atoms with E-state index in [0.29, 0.717) is 17.1 Å². The molecule has 3 aromatic rings. The number of thioether (sulfide) groups is 1. The van der Waals surface area contributed by atoms with Crippen LogP contribution in [0.15, 0.2) is 57.9 Å². The molecule has 0 fully saturated rings. The van der Waals surface area contributed by atoms with Crippen LogP contribution in [0.5, 0.6) is 0 Å². The first-order chi connectivity index (χ1) is 12.4. The lowest BCUT2D eigenvalue weighted by atomic mass is 10.1. The largest absolute Gasteiger partial charge is 0.416 e. The summed E-state index contributed by atoms with van der Waals surface area (Å²) in [6.07, 6.45) is -4.48. The predicted molar refractivity (Wildman–Crippen MR) is 90.9 cm³/mol. The van der Waals surface area contributed by atoms with E-state index in [1.54, 1.807) is 11.8 Å². The van der Waals surface area contributed by atoms with E-state index in [1.807, 2.05) is 24.3 Å². The molecule has 0 bridgehead atoms. The summed E-state index contributed by atoms with van der Waals surface area (Å²) in [4.78, 5) is 13.5. The number of benzene rings is 2. The molecule has 132 valence electrons. The number of amides is 1. The minimum atomic E-state index is -4.48. The highest BCUT2D eigenvalue weighted by molar-refractivity contribution is 7.98. The lowest BCUT2D eigenvalue weighted by molar-refractivity contribution is -0.137. The molecular formula is C18H11F3N2O2S. The minimum Gasteiger partial charge on any atom is -0.355 e. The molecule has 1 aliphatic rings. The number of fused-ring (bicyclic) bond motifs is 3. The second-order valence-electron chi connectivity index (χ2n) is 5.66. The van der Waals surface area contributed by atoms with Gasteiger partial charge < -0.3 is 9.84 Å². The van der Waals surface area contributed by atoms with Gasteiger partial charge in [0.2, 0.25) is 0 Å². The van der Waals surface area contributed by atoms with Crippen molar-refractivity contribution in [1.82, 2.24) is 5.16 Å². The number of carbonyl (C=O) groups excluding carboxylic acids is 1. The number of nitrogens with zero attached hydrogens (tertiary/aromatic N) is 1. The van der Waals surface area contributed by atoms with Crippen LogP contribution in [0.1, 0.15) is 21.6 Å². The van der Waals surface area contributed by atoms with Crippen LogP contribution in [0.25, 0.3) is 11.3 Å². The van der Waals surface area contributed by atoms with Crippen molar-refractivity contribution >= 4 is 23.4 Å². The van der Waals surface area contributed by atoms with Gasteiger partial charge in [-0.25, -0.2) is 0 Å². The molecule has 1 N–H and O–H groups in total. The van der Waals surface area contributed by atoms with Crippen molar-refractivity contribution in [1.29, 1.82) is 0 Å². The number of anilines is 1. The Kier molecular flexibility index (Phi) is 3.99. The molecule has 1 amide bonds. The maximum absolute atomic E-state index is 12.8. The molecule has 0 radical (unpaired) electrons. The summed E-state index contributed by atoms with van der Waals surface area (Å²) in [5, 5.41) is 6.30. The summed E-state index contributed by atoms with van der Waals surface area (Å²) in [5.74, 6) is 0.420. The second kappa shape index (κ2) is 6.21. The lowest BCUT2D eigenvalue weighted by Gasteiger charge is -2.14. The fourth-order valence-corrected chi connectivity index (χ4v) is 3.79. The summed E-state index contributed by atoms with van der Waals surface area (Å²) in [6.45, 7) is 0. The zero-order chi connectivity index (χ0) is 18.3. The number of carbonyl (C=O) groups is 1. The number of hydrogen-bond acceptors (Lipinski definition) is 4. The van der Waals surface area contributed by atoms with Crippen molar-refractivity contribution in [2.75, 3.05) is 5.32 Å². The van der Waals surface area contributed by atoms with Gasteiger partial charge in [-0.05, 0) is 30.3 Å². The highest BCUT2D eigenvalue weighted by Crippen LogP contribution is 2.42. The van der Waals surface area contributed by atoms with Crippen LogP contribution < -0.4 is 5.32 Å². The van der Waals surface area contributed by atoms with Crippen LogP contribution in [0.4, 0.5) is 18.9 Å². The van der Waals surface area contributed by atoms with Gasteiger partial charge in [-0.3, -0.25) is 4.79 Å². The van der Waals surface area contributed by atoms with Gasteiger partial charge >= 0.3 is 6.18 Å². The van der Waals surface area contributed by atoms with Crippen LogP contribution in [-0.2, 0) is 11.9 Å². The Balaban J connectivity index is 1.63. The first-order valence-corrected chi connectivity index (χ1v) is 8.61. The van der Waals surface area contributed by atoms with Crippen molar-refractivity contribution in [3.63, 3.8) is 0 Å². The van der Waals surface area contributed by atoms with Crippen molar-refractivity contribution in [2.24, 2.45) is 0 Å². The smallest absolute Gasteiger partial charge is 0.355 e. The van der Waals surface area contributed by atoms with E-state index in [9.17, 15) is 18.0 Å². The SMILES string of the molecule is O=C(Nc1cccc(C(F)(F)F)c1)c1noc2c1CSc1ccccc1-2. The molecule has 0 unspecified atom stereocenters. The van der Waals surface area contributed by atoms with Gasteiger partial charge in [-0.1, -0.05) is 23.4 Å². The van der Waals surface area contributed by atoms with Gasteiger partial charge in [-0.15, -0.1) is 11.8 Å². The fraction of sp³-hybridized carbons (Fsp3) is 0.111. The molecule has 0 spiro atoms. The first-order valence-electron chi connectivity index (χ1n) is 7.63. The van der Waals surface area contributed by atoms with E-state index < -0.39 is 17.6 Å². The zero-order valence-corrected chi connectivity index (χ0v) is 13.9. The number of hydrogen-bond donors (Lipinski definition) is 1. The van der Waals surface area contributed by atoms with E-state index in [-0.39, 0.29) is 11.4 Å². The number of aromatic nitrogens is 1. The van der Waals surface area contributed by atoms with E-state index in [0.717, 1.165) is 22.6 Å². The lowest BCUT2D eigenvalue weighted by Crippen LogP contribution is -2.15. The minimum absolute atomic E-state index is 0.0467. The maximum Gasteiger partial charge on any atom is 0.416 e. The number of rotatable bonds is 2. The van der Waals surface area contributed by atoms with Gasteiger partial charge in [0.15, 0.2) is 11.5 Å². The monoisotopic (exact) mass is 376 g/mol. The molecule has 0 saturated heterocycles.